The normalized spacial score (nSPS) is 13.5. The second-order valence-electron chi connectivity index (χ2n) is 4.69. The minimum Gasteiger partial charge on any atom is -0.374 e. The molecule has 0 bridgehead atoms. The predicted octanol–water partition coefficient (Wildman–Crippen LogP) is 1.45. The Hall–Kier alpha value is -1.71. The zero-order valence-electron chi connectivity index (χ0n) is 10.7. The van der Waals surface area contributed by atoms with Crippen molar-refractivity contribution in [2.45, 2.75) is 13.0 Å². The van der Waals surface area contributed by atoms with Crippen LogP contribution in [0, 0.1) is 0 Å². The van der Waals surface area contributed by atoms with Gasteiger partial charge in [0.25, 0.3) is 0 Å². The number of carbonyl (C=O) groups excluding carboxylic acids is 1. The molecule has 0 fully saturated rings. The van der Waals surface area contributed by atoms with Crippen molar-refractivity contribution >= 4 is 11.7 Å². The molecule has 0 radical (unpaired) electrons. The van der Waals surface area contributed by atoms with E-state index in [0.29, 0.717) is 6.54 Å². The third kappa shape index (κ3) is 2.52. The Bertz CT molecular complexity index is 429. The van der Waals surface area contributed by atoms with Gasteiger partial charge in [0.1, 0.15) is 0 Å². The molecule has 0 saturated carbocycles. The van der Waals surface area contributed by atoms with Gasteiger partial charge in [0.2, 0.25) is 0 Å². The highest BCUT2D eigenvalue weighted by atomic mass is 16.2. The van der Waals surface area contributed by atoms with Crippen LogP contribution in [-0.4, -0.2) is 38.6 Å². The first kappa shape index (κ1) is 11.8. The summed E-state index contributed by atoms with van der Waals surface area (Å²) in [6, 6.07) is 6.35. The molecule has 0 spiro atoms. The van der Waals surface area contributed by atoms with Crippen molar-refractivity contribution < 1.29 is 4.79 Å². The average molecular weight is 233 g/mol. The van der Waals surface area contributed by atoms with Gasteiger partial charge in [-0.1, -0.05) is 12.1 Å². The summed E-state index contributed by atoms with van der Waals surface area (Å²) in [7, 11) is 5.60. The summed E-state index contributed by atoms with van der Waals surface area (Å²) >= 11 is 0. The van der Waals surface area contributed by atoms with E-state index in [2.05, 4.69) is 35.5 Å². The lowest BCUT2D eigenvalue weighted by molar-refractivity contribution is 0.217. The van der Waals surface area contributed by atoms with Crippen LogP contribution in [0.15, 0.2) is 18.2 Å². The number of hydrogen-bond donors (Lipinski definition) is 1. The Labute approximate surface area is 102 Å². The van der Waals surface area contributed by atoms with E-state index in [1.807, 2.05) is 0 Å². The highest BCUT2D eigenvalue weighted by Gasteiger charge is 2.15. The average Bonchev–Trinajstić information content (AvgIpc) is 2.67. The standard InChI is InChI=1S/C13H19N3O/c1-15(2)13(17)14-9-10-4-5-12-11(8-10)6-7-16(12)3/h4-5,8H,6-7,9H2,1-3H3,(H,14,17). The molecule has 0 unspecified atom stereocenters. The maximum absolute atomic E-state index is 11.4. The molecule has 0 aliphatic carbocycles. The first-order valence-corrected chi connectivity index (χ1v) is 5.86. The third-order valence-corrected chi connectivity index (χ3v) is 3.12. The summed E-state index contributed by atoms with van der Waals surface area (Å²) in [5.41, 5.74) is 3.85. The number of rotatable bonds is 2. The lowest BCUT2D eigenvalue weighted by Gasteiger charge is -2.14. The second kappa shape index (κ2) is 4.65. The van der Waals surface area contributed by atoms with Crippen LogP contribution in [0.1, 0.15) is 11.1 Å². The zero-order chi connectivity index (χ0) is 12.4. The predicted molar refractivity (Wildman–Crippen MR) is 69.3 cm³/mol. The third-order valence-electron chi connectivity index (χ3n) is 3.12. The van der Waals surface area contributed by atoms with Gasteiger partial charge in [-0.05, 0) is 23.6 Å². The van der Waals surface area contributed by atoms with Crippen molar-refractivity contribution in [1.82, 2.24) is 10.2 Å². The number of nitrogens with one attached hydrogen (secondary N) is 1. The lowest BCUT2D eigenvalue weighted by Crippen LogP contribution is -2.33. The van der Waals surface area contributed by atoms with Crippen LogP contribution in [0.5, 0.6) is 0 Å². The van der Waals surface area contributed by atoms with Crippen molar-refractivity contribution in [3.05, 3.63) is 29.3 Å². The molecule has 92 valence electrons. The molecule has 0 saturated heterocycles. The molecule has 4 heteroatoms. The van der Waals surface area contributed by atoms with Crippen LogP contribution in [0.25, 0.3) is 0 Å². The van der Waals surface area contributed by atoms with Crippen molar-refractivity contribution in [1.29, 1.82) is 0 Å². The molecule has 4 nitrogen and oxygen atoms in total. The van der Waals surface area contributed by atoms with Gasteiger partial charge in [0.05, 0.1) is 0 Å². The number of nitrogens with zero attached hydrogens (tertiary/aromatic N) is 2. The van der Waals surface area contributed by atoms with Crippen molar-refractivity contribution in [2.24, 2.45) is 0 Å². The van der Waals surface area contributed by atoms with Gasteiger partial charge in [0, 0.05) is 39.9 Å². The molecule has 1 N–H and O–H groups in total. The molecule has 1 aromatic carbocycles. The maximum Gasteiger partial charge on any atom is 0.317 e. The summed E-state index contributed by atoms with van der Waals surface area (Å²) in [6.07, 6.45) is 1.10. The maximum atomic E-state index is 11.4. The summed E-state index contributed by atoms with van der Waals surface area (Å²) in [5.74, 6) is 0. The molecule has 1 heterocycles. The van der Waals surface area contributed by atoms with E-state index in [0.717, 1.165) is 18.5 Å². The summed E-state index contributed by atoms with van der Waals surface area (Å²) < 4.78 is 0. The lowest BCUT2D eigenvalue weighted by atomic mass is 10.1. The highest BCUT2D eigenvalue weighted by Crippen LogP contribution is 2.27. The number of benzene rings is 1. The quantitative estimate of drug-likeness (QED) is 0.839. The smallest absolute Gasteiger partial charge is 0.317 e. The van der Waals surface area contributed by atoms with E-state index in [1.54, 1.807) is 19.0 Å². The van der Waals surface area contributed by atoms with Crippen LogP contribution in [0.4, 0.5) is 10.5 Å². The van der Waals surface area contributed by atoms with E-state index in [-0.39, 0.29) is 6.03 Å². The van der Waals surface area contributed by atoms with Crippen LogP contribution in [0.2, 0.25) is 0 Å². The van der Waals surface area contributed by atoms with Gasteiger partial charge >= 0.3 is 6.03 Å². The molecule has 1 aromatic rings. The minimum atomic E-state index is -0.0531. The largest absolute Gasteiger partial charge is 0.374 e. The molecule has 0 aromatic heterocycles. The van der Waals surface area contributed by atoms with E-state index < -0.39 is 0 Å². The minimum absolute atomic E-state index is 0.0531. The van der Waals surface area contributed by atoms with Crippen LogP contribution < -0.4 is 10.2 Å². The number of fused-ring (bicyclic) bond motifs is 1. The Balaban J connectivity index is 2.02. The van der Waals surface area contributed by atoms with Gasteiger partial charge in [0.15, 0.2) is 0 Å². The van der Waals surface area contributed by atoms with E-state index in [4.69, 9.17) is 0 Å². The Kier molecular flexibility index (Phi) is 3.22. The Morgan fingerprint density at radius 2 is 2.24 bits per heavy atom. The van der Waals surface area contributed by atoms with E-state index in [9.17, 15) is 4.79 Å². The second-order valence-corrected chi connectivity index (χ2v) is 4.69. The summed E-state index contributed by atoms with van der Waals surface area (Å²) in [5, 5.41) is 2.87. The van der Waals surface area contributed by atoms with Gasteiger partial charge < -0.3 is 15.1 Å². The van der Waals surface area contributed by atoms with Crippen molar-refractivity contribution in [2.75, 3.05) is 32.6 Å². The van der Waals surface area contributed by atoms with Crippen LogP contribution in [0.3, 0.4) is 0 Å². The van der Waals surface area contributed by atoms with E-state index in [1.165, 1.54) is 11.3 Å². The van der Waals surface area contributed by atoms with Gasteiger partial charge in [-0.3, -0.25) is 0 Å². The fourth-order valence-corrected chi connectivity index (χ4v) is 2.07. The fraction of sp³-hybridized carbons (Fsp3) is 0.462. The molecular weight excluding hydrogens is 214 g/mol. The molecule has 0 atom stereocenters. The molecular formula is C13H19N3O. The van der Waals surface area contributed by atoms with Gasteiger partial charge in [-0.25, -0.2) is 4.79 Å². The molecule has 17 heavy (non-hydrogen) atoms. The SMILES string of the molecule is CN(C)C(=O)NCc1ccc2c(c1)CCN2C. The van der Waals surface area contributed by atoms with Crippen molar-refractivity contribution in [3.8, 4) is 0 Å². The summed E-state index contributed by atoms with van der Waals surface area (Å²) in [4.78, 5) is 15.2. The number of likely N-dealkylation sites (N-methyl/N-ethyl adjacent to an activating group) is 1. The summed E-state index contributed by atoms with van der Waals surface area (Å²) in [6.45, 7) is 1.68. The number of carbonyl (C=O) groups is 1. The first-order valence-electron chi connectivity index (χ1n) is 5.86. The Morgan fingerprint density at radius 1 is 1.47 bits per heavy atom. The van der Waals surface area contributed by atoms with Gasteiger partial charge in [-0.2, -0.15) is 0 Å². The van der Waals surface area contributed by atoms with Crippen molar-refractivity contribution in [3.63, 3.8) is 0 Å². The first-order chi connectivity index (χ1) is 8.08. The molecule has 1 aliphatic heterocycles. The molecule has 2 rings (SSSR count). The highest BCUT2D eigenvalue weighted by molar-refractivity contribution is 5.73. The van der Waals surface area contributed by atoms with Crippen LogP contribution >= 0.6 is 0 Å². The number of urea groups is 1. The molecule has 2 amide bonds. The molecule has 1 aliphatic rings. The number of hydrogen-bond acceptors (Lipinski definition) is 2. The number of anilines is 1. The Morgan fingerprint density at radius 3 is 2.94 bits per heavy atom. The topological polar surface area (TPSA) is 35.6 Å². The fourth-order valence-electron chi connectivity index (χ4n) is 2.07. The van der Waals surface area contributed by atoms with E-state index >= 15 is 0 Å². The number of amides is 2. The van der Waals surface area contributed by atoms with Crippen LogP contribution in [-0.2, 0) is 13.0 Å². The van der Waals surface area contributed by atoms with Gasteiger partial charge in [-0.15, -0.1) is 0 Å². The zero-order valence-corrected chi connectivity index (χ0v) is 10.7. The monoisotopic (exact) mass is 233 g/mol.